The number of ether oxygens (including phenoxy) is 1. The van der Waals surface area contributed by atoms with Gasteiger partial charge in [0.25, 0.3) is 0 Å². The van der Waals surface area contributed by atoms with Crippen LogP contribution in [0.3, 0.4) is 0 Å². The topological polar surface area (TPSA) is 91.5 Å². The second-order valence-electron chi connectivity index (χ2n) is 8.97. The van der Waals surface area contributed by atoms with Crippen LogP contribution >= 0.6 is 0 Å². The predicted molar refractivity (Wildman–Crippen MR) is 109 cm³/mol. The zero-order valence-corrected chi connectivity index (χ0v) is 17.5. The standard InChI is InChI=1S/C23H21F2N5O2/c1-13-4-19(25)16(5-18(13)24)20-2-3-29-30(20)22(31)17-8-23(6-14(17)7-23)12-32-21-11-27-15(9-26)10-28-21/h3-5,10-11,14,17,20H,2,6-8,12H2,1H3/t14?,17?,20-,23?/m0/s1. The summed E-state index contributed by atoms with van der Waals surface area (Å²) in [7, 11) is 0. The second kappa shape index (κ2) is 7.62. The minimum Gasteiger partial charge on any atom is -0.476 e. The van der Waals surface area contributed by atoms with E-state index in [9.17, 15) is 13.6 Å². The molecule has 3 fully saturated rings. The van der Waals surface area contributed by atoms with Crippen LogP contribution in [0.1, 0.15) is 48.5 Å². The molecule has 164 valence electrons. The van der Waals surface area contributed by atoms with Crippen molar-refractivity contribution >= 4 is 12.1 Å². The highest BCUT2D eigenvalue weighted by molar-refractivity contribution is 5.83. The summed E-state index contributed by atoms with van der Waals surface area (Å²) in [5.74, 6) is -0.813. The summed E-state index contributed by atoms with van der Waals surface area (Å²) in [6.07, 6.45) is 7.10. The molecule has 1 aromatic carbocycles. The van der Waals surface area contributed by atoms with E-state index in [1.807, 2.05) is 6.07 Å². The van der Waals surface area contributed by atoms with E-state index in [0.717, 1.165) is 18.9 Å². The maximum absolute atomic E-state index is 14.5. The van der Waals surface area contributed by atoms with Gasteiger partial charge in [-0.25, -0.2) is 23.8 Å². The number of halogens is 2. The molecule has 1 unspecified atom stereocenters. The van der Waals surface area contributed by atoms with Crippen LogP contribution in [0, 0.1) is 47.1 Å². The smallest absolute Gasteiger partial charge is 0.246 e. The molecule has 1 aromatic heterocycles. The molecule has 3 aliphatic carbocycles. The van der Waals surface area contributed by atoms with Gasteiger partial charge in [-0.05, 0) is 49.8 Å². The monoisotopic (exact) mass is 437 g/mol. The molecule has 2 bridgehead atoms. The van der Waals surface area contributed by atoms with Crippen LogP contribution in [0.5, 0.6) is 5.88 Å². The Balaban J connectivity index is 1.26. The number of hydrazone groups is 1. The molecular weight excluding hydrogens is 416 g/mol. The molecule has 3 saturated carbocycles. The Bertz CT molecular complexity index is 1140. The quantitative estimate of drug-likeness (QED) is 0.712. The molecule has 0 spiro atoms. The van der Waals surface area contributed by atoms with E-state index < -0.39 is 17.7 Å². The lowest BCUT2D eigenvalue weighted by Gasteiger charge is -2.38. The molecule has 1 aliphatic heterocycles. The van der Waals surface area contributed by atoms with Crippen molar-refractivity contribution < 1.29 is 18.3 Å². The maximum Gasteiger partial charge on any atom is 0.246 e. The van der Waals surface area contributed by atoms with Crippen molar-refractivity contribution in [2.45, 2.75) is 38.6 Å². The summed E-state index contributed by atoms with van der Waals surface area (Å²) in [5, 5.41) is 14.3. The number of fused-ring (bicyclic) bond motifs is 1. The van der Waals surface area contributed by atoms with Gasteiger partial charge < -0.3 is 4.74 Å². The van der Waals surface area contributed by atoms with Crippen LogP contribution in [0.4, 0.5) is 8.78 Å². The van der Waals surface area contributed by atoms with E-state index >= 15 is 0 Å². The number of hydrogen-bond donors (Lipinski definition) is 0. The molecule has 2 heterocycles. The van der Waals surface area contributed by atoms with Gasteiger partial charge in [0, 0.05) is 29.5 Å². The van der Waals surface area contributed by atoms with Gasteiger partial charge >= 0.3 is 0 Å². The zero-order valence-electron chi connectivity index (χ0n) is 17.5. The number of nitriles is 1. The van der Waals surface area contributed by atoms with Crippen molar-refractivity contribution in [3.05, 3.63) is 53.0 Å². The average Bonchev–Trinajstić information content (AvgIpc) is 3.48. The van der Waals surface area contributed by atoms with E-state index in [2.05, 4.69) is 15.1 Å². The number of carbonyl (C=O) groups excluding carboxylic acids is 1. The average molecular weight is 437 g/mol. The highest BCUT2D eigenvalue weighted by atomic mass is 19.1. The Hall–Kier alpha value is -3.41. The molecular formula is C23H21F2N5O2. The second-order valence-corrected chi connectivity index (χ2v) is 8.97. The first-order valence-corrected chi connectivity index (χ1v) is 10.6. The summed E-state index contributed by atoms with van der Waals surface area (Å²) in [6, 6.07) is 3.62. The summed E-state index contributed by atoms with van der Waals surface area (Å²) >= 11 is 0. The molecule has 0 radical (unpaired) electrons. The normalized spacial score (nSPS) is 27.8. The van der Waals surface area contributed by atoms with E-state index in [1.165, 1.54) is 30.4 Å². The number of aryl methyl sites for hydroxylation is 1. The lowest BCUT2D eigenvalue weighted by atomic mass is 9.70. The highest BCUT2D eigenvalue weighted by Gasteiger charge is 2.59. The summed E-state index contributed by atoms with van der Waals surface area (Å²) in [6.45, 7) is 1.92. The van der Waals surface area contributed by atoms with Crippen LogP contribution in [-0.4, -0.2) is 33.7 Å². The molecule has 32 heavy (non-hydrogen) atoms. The first-order valence-electron chi connectivity index (χ1n) is 10.6. The number of nitrogens with zero attached hydrogens (tertiary/aromatic N) is 5. The van der Waals surface area contributed by atoms with Crippen LogP contribution in [0.25, 0.3) is 0 Å². The number of benzene rings is 1. The molecule has 2 aromatic rings. The van der Waals surface area contributed by atoms with Gasteiger partial charge in [0.2, 0.25) is 11.8 Å². The fourth-order valence-corrected chi connectivity index (χ4v) is 5.25. The Morgan fingerprint density at radius 2 is 2.06 bits per heavy atom. The SMILES string of the molecule is Cc1cc(F)c([C@@H]2CC=NN2C(=O)C2CC3(COc4cnc(C#N)cn4)CC2C3)cc1F. The lowest BCUT2D eigenvalue weighted by Crippen LogP contribution is -2.36. The first-order chi connectivity index (χ1) is 15.4. The number of carbonyl (C=O) groups is 1. The van der Waals surface area contributed by atoms with Crippen LogP contribution in [-0.2, 0) is 4.79 Å². The third-order valence-electron chi connectivity index (χ3n) is 6.89. The van der Waals surface area contributed by atoms with Gasteiger partial charge in [0.05, 0.1) is 25.0 Å². The minimum absolute atomic E-state index is 0.110. The van der Waals surface area contributed by atoms with Gasteiger partial charge in [-0.3, -0.25) is 4.79 Å². The molecule has 2 atom stereocenters. The van der Waals surface area contributed by atoms with Gasteiger partial charge in [-0.1, -0.05) is 0 Å². The molecule has 0 saturated heterocycles. The lowest BCUT2D eigenvalue weighted by molar-refractivity contribution is -0.138. The third kappa shape index (κ3) is 3.40. The van der Waals surface area contributed by atoms with Crippen LogP contribution in [0.15, 0.2) is 29.6 Å². The van der Waals surface area contributed by atoms with Gasteiger partial charge in [-0.15, -0.1) is 0 Å². The van der Waals surface area contributed by atoms with Crippen molar-refractivity contribution in [2.24, 2.45) is 22.4 Å². The van der Waals surface area contributed by atoms with Gasteiger partial charge in [0.1, 0.15) is 17.7 Å². The van der Waals surface area contributed by atoms with Crippen LogP contribution < -0.4 is 4.74 Å². The minimum atomic E-state index is -0.628. The molecule has 1 amide bonds. The molecule has 6 rings (SSSR count). The van der Waals surface area contributed by atoms with E-state index in [4.69, 9.17) is 10.00 Å². The Kier molecular flexibility index (Phi) is 4.88. The van der Waals surface area contributed by atoms with Crippen molar-refractivity contribution in [1.29, 1.82) is 5.26 Å². The summed E-state index contributed by atoms with van der Waals surface area (Å²) < 4.78 is 34.4. The number of hydrogen-bond acceptors (Lipinski definition) is 6. The Morgan fingerprint density at radius 3 is 2.78 bits per heavy atom. The molecule has 7 nitrogen and oxygen atoms in total. The van der Waals surface area contributed by atoms with Gasteiger partial charge in [0.15, 0.2) is 5.69 Å². The largest absolute Gasteiger partial charge is 0.476 e. The Morgan fingerprint density at radius 1 is 1.25 bits per heavy atom. The van der Waals surface area contributed by atoms with Crippen molar-refractivity contribution in [3.63, 3.8) is 0 Å². The number of aromatic nitrogens is 2. The molecule has 0 N–H and O–H groups in total. The predicted octanol–water partition coefficient (Wildman–Crippen LogP) is 3.69. The Labute approximate surface area is 183 Å². The molecule has 4 aliphatic rings. The summed E-state index contributed by atoms with van der Waals surface area (Å²) in [5.41, 5.74) is 0.493. The van der Waals surface area contributed by atoms with E-state index in [0.29, 0.717) is 25.3 Å². The third-order valence-corrected chi connectivity index (χ3v) is 6.89. The number of rotatable bonds is 5. The van der Waals surface area contributed by atoms with Gasteiger partial charge in [-0.2, -0.15) is 10.4 Å². The highest BCUT2D eigenvalue weighted by Crippen LogP contribution is 2.62. The first kappa shape index (κ1) is 20.5. The van der Waals surface area contributed by atoms with Crippen molar-refractivity contribution in [3.8, 4) is 11.9 Å². The number of amides is 1. The van der Waals surface area contributed by atoms with Crippen molar-refractivity contribution in [2.75, 3.05) is 6.61 Å². The maximum atomic E-state index is 14.5. The molecule has 9 heteroatoms. The zero-order chi connectivity index (χ0) is 22.5. The van der Waals surface area contributed by atoms with Crippen molar-refractivity contribution in [1.82, 2.24) is 15.0 Å². The van der Waals surface area contributed by atoms with E-state index in [1.54, 1.807) is 6.21 Å². The van der Waals surface area contributed by atoms with E-state index in [-0.39, 0.29) is 40.0 Å². The van der Waals surface area contributed by atoms with Crippen LogP contribution in [0.2, 0.25) is 0 Å². The summed E-state index contributed by atoms with van der Waals surface area (Å²) in [4.78, 5) is 21.3. The fourth-order valence-electron chi connectivity index (χ4n) is 5.25. The fraction of sp³-hybridized carbons (Fsp3) is 0.435.